The summed E-state index contributed by atoms with van der Waals surface area (Å²) in [6, 6.07) is 8.42. The van der Waals surface area contributed by atoms with Gasteiger partial charge in [0.05, 0.1) is 19.0 Å². The molecule has 0 aliphatic heterocycles. The maximum atomic E-state index is 13.5. The zero-order valence-corrected chi connectivity index (χ0v) is 19.1. The smallest absolute Gasteiger partial charge is 0.459 e. The number of aromatic nitrogens is 4. The summed E-state index contributed by atoms with van der Waals surface area (Å²) in [7, 11) is -4.02. The first-order valence-electron chi connectivity index (χ1n) is 10.3. The van der Waals surface area contributed by atoms with Crippen LogP contribution >= 0.6 is 7.75 Å². The molecule has 33 heavy (non-hydrogen) atoms. The molecule has 3 atom stereocenters. The molecule has 0 bridgehead atoms. The third kappa shape index (κ3) is 5.05. The van der Waals surface area contributed by atoms with Crippen molar-refractivity contribution in [2.24, 2.45) is 5.92 Å². The fraction of sp³-hybridized carbons (Fsp3) is 0.333. The number of carboxylic acid groups (broad SMARTS) is 1. The van der Waals surface area contributed by atoms with Crippen LogP contribution in [0.2, 0.25) is 0 Å². The van der Waals surface area contributed by atoms with Gasteiger partial charge < -0.3 is 19.9 Å². The number of nitrogens with one attached hydrogen (secondary N) is 1. The Kier molecular flexibility index (Phi) is 6.20. The number of nitrogens with zero attached hydrogens (tertiary/aromatic N) is 4. The SMILES string of the molecule is CC(C)(NP(=O)(OC[C@H]1C=C[C@@H](n2cnc3c(N)ncnc32)C1)Oc1ccccc1)C(=O)O. The largest absolute Gasteiger partial charge is 0.480 e. The first kappa shape index (κ1) is 22.9. The summed E-state index contributed by atoms with van der Waals surface area (Å²) in [5.74, 6) is -0.658. The standard InChI is InChI=1S/C21H25N6O5P/c1-21(2,20(28)29)26-33(30,32-16-6-4-3-5-7-16)31-11-14-8-9-15(10-14)27-13-25-17-18(22)23-12-24-19(17)27/h3-9,12-15H,10-11H2,1-2H3,(H,26,30)(H,28,29)(H2,22,23,24)/t14-,15+,33?/m0/s1. The number of carbonyl (C=O) groups is 1. The van der Waals surface area contributed by atoms with Crippen LogP contribution in [-0.4, -0.2) is 42.7 Å². The molecule has 0 saturated carbocycles. The number of nitrogens with two attached hydrogens (primary N) is 1. The highest BCUT2D eigenvalue weighted by Gasteiger charge is 2.40. The lowest BCUT2D eigenvalue weighted by Crippen LogP contribution is -2.45. The van der Waals surface area contributed by atoms with Crippen LogP contribution in [0.25, 0.3) is 11.2 Å². The van der Waals surface area contributed by atoms with E-state index in [4.69, 9.17) is 14.8 Å². The molecule has 0 saturated heterocycles. The second-order valence-corrected chi connectivity index (χ2v) is 9.93. The van der Waals surface area contributed by atoms with Gasteiger partial charge in [-0.25, -0.2) is 19.5 Å². The Hall–Kier alpha value is -3.27. The third-order valence-electron chi connectivity index (χ3n) is 5.27. The number of para-hydroxylation sites is 1. The molecule has 0 spiro atoms. The Bertz CT molecular complexity index is 1230. The summed E-state index contributed by atoms with van der Waals surface area (Å²) in [5.41, 5.74) is 5.49. The monoisotopic (exact) mass is 472 g/mol. The van der Waals surface area contributed by atoms with Gasteiger partial charge in [0, 0.05) is 5.92 Å². The van der Waals surface area contributed by atoms with Crippen LogP contribution in [0, 0.1) is 5.92 Å². The first-order valence-corrected chi connectivity index (χ1v) is 11.8. The summed E-state index contributed by atoms with van der Waals surface area (Å²) in [6.07, 6.45) is 7.64. The molecule has 174 valence electrons. The van der Waals surface area contributed by atoms with E-state index in [-0.39, 0.29) is 18.6 Å². The van der Waals surface area contributed by atoms with Crippen molar-refractivity contribution in [2.75, 3.05) is 12.3 Å². The summed E-state index contributed by atoms with van der Waals surface area (Å²) < 4.78 is 26.7. The van der Waals surface area contributed by atoms with E-state index in [9.17, 15) is 14.5 Å². The number of fused-ring (bicyclic) bond motifs is 1. The molecular formula is C21H25N6O5P. The Labute approximate surface area is 190 Å². The predicted octanol–water partition coefficient (Wildman–Crippen LogP) is 3.18. The molecule has 2 heterocycles. The number of aliphatic carboxylic acids is 1. The molecule has 0 fully saturated rings. The van der Waals surface area contributed by atoms with Crippen molar-refractivity contribution in [3.05, 3.63) is 55.1 Å². The van der Waals surface area contributed by atoms with E-state index in [1.54, 1.807) is 36.7 Å². The Morgan fingerprint density at radius 3 is 2.76 bits per heavy atom. The van der Waals surface area contributed by atoms with Crippen molar-refractivity contribution in [1.82, 2.24) is 24.6 Å². The number of benzene rings is 1. The van der Waals surface area contributed by atoms with Crippen LogP contribution in [0.4, 0.5) is 5.82 Å². The van der Waals surface area contributed by atoms with Crippen LogP contribution in [-0.2, 0) is 13.9 Å². The van der Waals surface area contributed by atoms with Crippen molar-refractivity contribution >= 4 is 30.7 Å². The number of carboxylic acids is 1. The van der Waals surface area contributed by atoms with Crippen molar-refractivity contribution in [2.45, 2.75) is 31.8 Å². The van der Waals surface area contributed by atoms with E-state index < -0.39 is 19.3 Å². The minimum atomic E-state index is -4.02. The minimum absolute atomic E-state index is 0.0456. The molecule has 0 amide bonds. The zero-order valence-electron chi connectivity index (χ0n) is 18.2. The van der Waals surface area contributed by atoms with Gasteiger partial charge in [0.25, 0.3) is 0 Å². The van der Waals surface area contributed by atoms with Gasteiger partial charge in [-0.3, -0.25) is 9.32 Å². The Morgan fingerprint density at radius 1 is 1.27 bits per heavy atom. The molecule has 4 rings (SSSR count). The van der Waals surface area contributed by atoms with E-state index in [2.05, 4.69) is 20.0 Å². The van der Waals surface area contributed by atoms with E-state index in [1.165, 1.54) is 20.2 Å². The molecule has 1 aliphatic rings. The van der Waals surface area contributed by atoms with E-state index in [0.717, 1.165) is 0 Å². The molecule has 1 aromatic carbocycles. The number of anilines is 1. The summed E-state index contributed by atoms with van der Waals surface area (Å²) in [5, 5.41) is 12.0. The van der Waals surface area contributed by atoms with Crippen LogP contribution in [0.1, 0.15) is 26.3 Å². The number of hydrogen-bond donors (Lipinski definition) is 3. The lowest BCUT2D eigenvalue weighted by molar-refractivity contribution is -0.142. The molecular weight excluding hydrogens is 447 g/mol. The first-order chi connectivity index (χ1) is 15.7. The Morgan fingerprint density at radius 2 is 2.03 bits per heavy atom. The second kappa shape index (κ2) is 8.93. The number of imidazole rings is 1. The van der Waals surface area contributed by atoms with E-state index >= 15 is 0 Å². The van der Waals surface area contributed by atoms with E-state index in [0.29, 0.717) is 29.2 Å². The quantitative estimate of drug-likeness (QED) is 0.312. The van der Waals surface area contributed by atoms with Gasteiger partial charge in [0.15, 0.2) is 11.5 Å². The summed E-state index contributed by atoms with van der Waals surface area (Å²) >= 11 is 0. The van der Waals surface area contributed by atoms with Gasteiger partial charge in [-0.1, -0.05) is 30.4 Å². The minimum Gasteiger partial charge on any atom is -0.480 e. The second-order valence-electron chi connectivity index (χ2n) is 8.27. The Balaban J connectivity index is 1.46. The van der Waals surface area contributed by atoms with Gasteiger partial charge in [-0.2, -0.15) is 5.09 Å². The maximum absolute atomic E-state index is 13.5. The summed E-state index contributed by atoms with van der Waals surface area (Å²) in [4.78, 5) is 24.1. The number of hydrogen-bond acceptors (Lipinski definition) is 8. The van der Waals surface area contributed by atoms with Gasteiger partial charge in [0.1, 0.15) is 23.1 Å². The van der Waals surface area contributed by atoms with Crippen LogP contribution < -0.4 is 15.3 Å². The highest BCUT2D eigenvalue weighted by atomic mass is 31.2. The summed E-state index contributed by atoms with van der Waals surface area (Å²) in [6.45, 7) is 2.84. The molecule has 11 nitrogen and oxygen atoms in total. The fourth-order valence-electron chi connectivity index (χ4n) is 3.48. The van der Waals surface area contributed by atoms with Crippen molar-refractivity contribution in [3.63, 3.8) is 0 Å². The van der Waals surface area contributed by atoms with Crippen molar-refractivity contribution in [3.8, 4) is 5.75 Å². The molecule has 12 heteroatoms. The average Bonchev–Trinajstić information content (AvgIpc) is 3.40. The number of nitrogen functional groups attached to an aromatic ring is 1. The zero-order chi connectivity index (χ0) is 23.6. The molecule has 2 aromatic heterocycles. The molecule has 0 radical (unpaired) electrons. The van der Waals surface area contributed by atoms with Crippen molar-refractivity contribution in [1.29, 1.82) is 0 Å². The van der Waals surface area contributed by atoms with Crippen LogP contribution in [0.15, 0.2) is 55.1 Å². The highest BCUT2D eigenvalue weighted by Crippen LogP contribution is 2.47. The molecule has 1 unspecified atom stereocenters. The lowest BCUT2D eigenvalue weighted by atomic mass is 10.1. The lowest BCUT2D eigenvalue weighted by Gasteiger charge is -2.28. The maximum Gasteiger partial charge on any atom is 0.459 e. The van der Waals surface area contributed by atoms with E-state index in [1.807, 2.05) is 16.7 Å². The topological polar surface area (TPSA) is 154 Å². The van der Waals surface area contributed by atoms with Crippen molar-refractivity contribution < 1.29 is 23.5 Å². The number of rotatable bonds is 9. The van der Waals surface area contributed by atoms with Gasteiger partial charge in [0.2, 0.25) is 0 Å². The van der Waals surface area contributed by atoms with Gasteiger partial charge >= 0.3 is 13.7 Å². The molecule has 1 aliphatic carbocycles. The van der Waals surface area contributed by atoms with Gasteiger partial charge in [-0.05, 0) is 32.4 Å². The van der Waals surface area contributed by atoms with Crippen LogP contribution in [0.5, 0.6) is 5.75 Å². The normalized spacial score (nSPS) is 20.1. The fourth-order valence-corrected chi connectivity index (χ4v) is 5.21. The van der Waals surface area contributed by atoms with Gasteiger partial charge in [-0.15, -0.1) is 0 Å². The third-order valence-corrected chi connectivity index (χ3v) is 7.05. The molecule has 4 N–H and O–H groups in total. The predicted molar refractivity (Wildman–Crippen MR) is 121 cm³/mol. The highest BCUT2D eigenvalue weighted by molar-refractivity contribution is 7.52. The number of allylic oxidation sites excluding steroid dienone is 1. The molecule has 3 aromatic rings. The van der Waals surface area contributed by atoms with Crippen LogP contribution in [0.3, 0.4) is 0 Å². The average molecular weight is 472 g/mol.